The monoisotopic (exact) mass is 380 g/mol. The summed E-state index contributed by atoms with van der Waals surface area (Å²) in [7, 11) is 0. The molecule has 0 fully saturated rings. The Hall–Kier alpha value is -1.81. The van der Waals surface area contributed by atoms with Crippen LogP contribution in [-0.2, 0) is 10.2 Å². The molecule has 0 heterocycles. The molecule has 142 valence electrons. The molecule has 1 aliphatic carbocycles. The van der Waals surface area contributed by atoms with E-state index < -0.39 is 11.8 Å². The van der Waals surface area contributed by atoms with Gasteiger partial charge in [-0.3, -0.25) is 0 Å². The van der Waals surface area contributed by atoms with E-state index in [2.05, 4.69) is 33.8 Å². The van der Waals surface area contributed by atoms with Gasteiger partial charge < -0.3 is 9.84 Å². The fourth-order valence-corrected chi connectivity index (χ4v) is 4.00. The SMILES string of the molecule is CCOc1c(/C(C)=C(/F)C(=O)O)cc2c(c1Cl)C(C)(C)CC=C2C(C)C. The van der Waals surface area contributed by atoms with Crippen molar-refractivity contribution in [2.45, 2.75) is 53.4 Å². The Bertz CT molecular complexity index is 804. The molecule has 0 aliphatic heterocycles. The molecule has 0 unspecified atom stereocenters. The quantitative estimate of drug-likeness (QED) is 0.614. The van der Waals surface area contributed by atoms with Crippen LogP contribution >= 0.6 is 11.6 Å². The van der Waals surface area contributed by atoms with Crippen LogP contribution in [0, 0.1) is 5.92 Å². The molecular formula is C21H26ClFO3. The second kappa shape index (κ2) is 7.43. The van der Waals surface area contributed by atoms with Crippen molar-refractivity contribution in [2.75, 3.05) is 6.61 Å². The predicted octanol–water partition coefficient (Wildman–Crippen LogP) is 6.24. The molecule has 1 aromatic carbocycles. The molecule has 0 bridgehead atoms. The van der Waals surface area contributed by atoms with E-state index in [1.54, 1.807) is 0 Å². The number of carboxylic acid groups (broad SMARTS) is 1. The van der Waals surface area contributed by atoms with E-state index >= 15 is 0 Å². The Morgan fingerprint density at radius 2 is 2.04 bits per heavy atom. The number of rotatable bonds is 5. The first kappa shape index (κ1) is 20.5. The maximum absolute atomic E-state index is 14.2. The molecule has 0 atom stereocenters. The largest absolute Gasteiger partial charge is 0.492 e. The lowest BCUT2D eigenvalue weighted by molar-refractivity contribution is -0.134. The van der Waals surface area contributed by atoms with Crippen molar-refractivity contribution in [3.05, 3.63) is 39.7 Å². The third kappa shape index (κ3) is 3.52. The summed E-state index contributed by atoms with van der Waals surface area (Å²) in [5.41, 5.74) is 3.25. The highest BCUT2D eigenvalue weighted by atomic mass is 35.5. The fourth-order valence-electron chi connectivity index (χ4n) is 3.49. The van der Waals surface area contributed by atoms with Gasteiger partial charge in [0.15, 0.2) is 0 Å². The summed E-state index contributed by atoms with van der Waals surface area (Å²) in [6.45, 7) is 12.0. The molecule has 0 spiro atoms. The lowest BCUT2D eigenvalue weighted by Crippen LogP contribution is -2.24. The molecule has 1 aliphatic rings. The standard InChI is InChI=1S/C21H26ClFO3/c1-7-26-19-14(12(4)18(23)20(24)25)10-15-13(11(2)3)8-9-21(5,6)16(15)17(19)22/h8,10-11H,7,9H2,1-6H3,(H,24,25)/b18-12+. The minimum atomic E-state index is -1.60. The summed E-state index contributed by atoms with van der Waals surface area (Å²) in [5, 5.41) is 9.49. The Morgan fingerprint density at radius 1 is 1.42 bits per heavy atom. The lowest BCUT2D eigenvalue weighted by atomic mass is 9.70. The smallest absolute Gasteiger partial charge is 0.365 e. The number of allylic oxidation sites excluding steroid dienone is 3. The van der Waals surface area contributed by atoms with Gasteiger partial charge in [-0.15, -0.1) is 0 Å². The molecule has 3 nitrogen and oxygen atoms in total. The van der Waals surface area contributed by atoms with Crippen LogP contribution in [0.15, 0.2) is 18.0 Å². The third-order valence-corrected chi connectivity index (χ3v) is 5.23. The van der Waals surface area contributed by atoms with Crippen molar-refractivity contribution in [1.29, 1.82) is 0 Å². The Kier molecular flexibility index (Phi) is 5.86. The van der Waals surface area contributed by atoms with Crippen molar-refractivity contribution < 1.29 is 19.0 Å². The van der Waals surface area contributed by atoms with Gasteiger partial charge in [-0.1, -0.05) is 45.4 Å². The maximum Gasteiger partial charge on any atom is 0.365 e. The summed E-state index contributed by atoms with van der Waals surface area (Å²) in [6.07, 6.45) is 3.04. The van der Waals surface area contributed by atoms with Crippen LogP contribution < -0.4 is 4.74 Å². The van der Waals surface area contributed by atoms with Gasteiger partial charge in [-0.2, -0.15) is 4.39 Å². The van der Waals surface area contributed by atoms with Gasteiger partial charge in [0.2, 0.25) is 5.83 Å². The highest BCUT2D eigenvalue weighted by molar-refractivity contribution is 6.33. The summed E-state index contributed by atoms with van der Waals surface area (Å²) in [5.74, 6) is -2.19. The zero-order valence-corrected chi connectivity index (χ0v) is 16.9. The van der Waals surface area contributed by atoms with Crippen molar-refractivity contribution >= 4 is 28.7 Å². The average molecular weight is 381 g/mol. The van der Waals surface area contributed by atoms with Gasteiger partial charge in [0.25, 0.3) is 0 Å². The van der Waals surface area contributed by atoms with Gasteiger partial charge in [-0.05, 0) is 54.4 Å². The van der Waals surface area contributed by atoms with Crippen LogP contribution in [0.5, 0.6) is 5.75 Å². The number of benzene rings is 1. The van der Waals surface area contributed by atoms with Crippen LogP contribution in [0.2, 0.25) is 5.02 Å². The van der Waals surface area contributed by atoms with Crippen molar-refractivity contribution in [3.63, 3.8) is 0 Å². The first-order chi connectivity index (χ1) is 12.0. The predicted molar refractivity (Wildman–Crippen MR) is 104 cm³/mol. The van der Waals surface area contributed by atoms with Crippen molar-refractivity contribution in [2.24, 2.45) is 5.92 Å². The maximum atomic E-state index is 14.2. The zero-order chi connectivity index (χ0) is 19.8. The summed E-state index contributed by atoms with van der Waals surface area (Å²) in [6, 6.07) is 1.83. The zero-order valence-electron chi connectivity index (χ0n) is 16.2. The molecule has 0 radical (unpaired) electrons. The van der Waals surface area contributed by atoms with Gasteiger partial charge in [-0.25, -0.2) is 4.79 Å². The van der Waals surface area contributed by atoms with Gasteiger partial charge in [0.05, 0.1) is 11.6 Å². The fraction of sp³-hybridized carbons (Fsp3) is 0.476. The number of hydrogen-bond acceptors (Lipinski definition) is 2. The van der Waals surface area contributed by atoms with E-state index in [9.17, 15) is 9.18 Å². The first-order valence-corrected chi connectivity index (χ1v) is 9.20. The Morgan fingerprint density at radius 3 is 2.54 bits per heavy atom. The van der Waals surface area contributed by atoms with E-state index in [1.807, 2.05) is 13.0 Å². The topological polar surface area (TPSA) is 46.5 Å². The van der Waals surface area contributed by atoms with Crippen LogP contribution in [0.25, 0.3) is 11.1 Å². The Balaban J connectivity index is 2.91. The molecule has 5 heteroatoms. The molecular weight excluding hydrogens is 355 g/mol. The Labute approximate surface area is 159 Å². The number of hydrogen-bond donors (Lipinski definition) is 1. The highest BCUT2D eigenvalue weighted by Gasteiger charge is 2.34. The second-order valence-electron chi connectivity index (χ2n) is 7.57. The van der Waals surface area contributed by atoms with Crippen LogP contribution in [-0.4, -0.2) is 17.7 Å². The molecule has 0 saturated heterocycles. The third-order valence-electron chi connectivity index (χ3n) is 4.87. The molecule has 0 aromatic heterocycles. The number of ether oxygens (including phenoxy) is 1. The highest BCUT2D eigenvalue weighted by Crippen LogP contribution is 2.50. The number of aliphatic carboxylic acids is 1. The number of halogens is 2. The molecule has 1 aromatic rings. The van der Waals surface area contributed by atoms with Crippen LogP contribution in [0.1, 0.15) is 64.7 Å². The molecule has 26 heavy (non-hydrogen) atoms. The van der Waals surface area contributed by atoms with E-state index in [0.717, 1.165) is 23.1 Å². The van der Waals surface area contributed by atoms with Crippen LogP contribution in [0.3, 0.4) is 0 Å². The lowest BCUT2D eigenvalue weighted by Gasteiger charge is -2.35. The van der Waals surface area contributed by atoms with Crippen LogP contribution in [0.4, 0.5) is 4.39 Å². The summed E-state index contributed by atoms with van der Waals surface area (Å²) in [4.78, 5) is 11.1. The van der Waals surface area contributed by atoms with E-state index in [0.29, 0.717) is 22.9 Å². The number of carboxylic acids is 1. The van der Waals surface area contributed by atoms with Gasteiger partial charge >= 0.3 is 5.97 Å². The van der Waals surface area contributed by atoms with E-state index in [1.165, 1.54) is 6.92 Å². The average Bonchev–Trinajstić information content (AvgIpc) is 2.54. The molecule has 2 rings (SSSR count). The molecule has 1 N–H and O–H groups in total. The first-order valence-electron chi connectivity index (χ1n) is 8.83. The van der Waals surface area contributed by atoms with E-state index in [-0.39, 0.29) is 16.9 Å². The normalized spacial score (nSPS) is 16.7. The minimum Gasteiger partial charge on any atom is -0.492 e. The molecule has 0 saturated carbocycles. The second-order valence-corrected chi connectivity index (χ2v) is 7.95. The minimum absolute atomic E-state index is 0.0112. The molecule has 0 amide bonds. The number of carbonyl (C=O) groups is 1. The number of fused-ring (bicyclic) bond motifs is 1. The van der Waals surface area contributed by atoms with Crippen molar-refractivity contribution in [1.82, 2.24) is 0 Å². The van der Waals surface area contributed by atoms with Gasteiger partial charge in [0, 0.05) is 11.1 Å². The van der Waals surface area contributed by atoms with Crippen molar-refractivity contribution in [3.8, 4) is 5.75 Å². The van der Waals surface area contributed by atoms with Gasteiger partial charge in [0.1, 0.15) is 5.75 Å². The summed E-state index contributed by atoms with van der Waals surface area (Å²) < 4.78 is 19.9. The van der Waals surface area contributed by atoms with E-state index in [4.69, 9.17) is 21.4 Å². The summed E-state index contributed by atoms with van der Waals surface area (Å²) >= 11 is 6.75.